The molecular weight excluding hydrogens is 138 g/mol. The van der Waals surface area contributed by atoms with Crippen molar-refractivity contribution in [3.63, 3.8) is 0 Å². The topological polar surface area (TPSA) is 21.6 Å². The van der Waals surface area contributed by atoms with Crippen LogP contribution in [0.2, 0.25) is 0 Å². The fraction of sp³-hybridized carbons (Fsp3) is 0.889. The van der Waals surface area contributed by atoms with Gasteiger partial charge in [0.15, 0.2) is 0 Å². The quantitative estimate of drug-likeness (QED) is 0.566. The largest absolute Gasteiger partial charge is 0.389 e. The first-order chi connectivity index (χ1) is 5.22. The van der Waals surface area contributed by atoms with Gasteiger partial charge in [0.05, 0.1) is 5.71 Å². The third-order valence-electron chi connectivity index (χ3n) is 2.79. The molecule has 0 saturated heterocycles. The fourth-order valence-corrected chi connectivity index (χ4v) is 1.70. The second-order valence-corrected chi connectivity index (χ2v) is 4.04. The van der Waals surface area contributed by atoms with Crippen LogP contribution in [0.4, 0.5) is 0 Å². The van der Waals surface area contributed by atoms with Gasteiger partial charge in [-0.25, -0.2) is 0 Å². The summed E-state index contributed by atoms with van der Waals surface area (Å²) in [6.07, 6.45) is 4.84. The molecular formula is C9H15NO. The predicted molar refractivity (Wildman–Crippen MR) is 44.6 cm³/mol. The summed E-state index contributed by atoms with van der Waals surface area (Å²) >= 11 is 0. The smallest absolute Gasteiger partial charge is 0.143 e. The zero-order chi connectivity index (χ0) is 7.90. The molecule has 1 fully saturated rings. The standard InChI is InChI=1S/C9H15NO/c1-7(2)8-6-9(11-10-8)4-3-5-9/h7H,3-6H2,1-2H3. The summed E-state index contributed by atoms with van der Waals surface area (Å²) in [5.74, 6) is 0.565. The lowest BCUT2D eigenvalue weighted by Gasteiger charge is -2.34. The van der Waals surface area contributed by atoms with Crippen LogP contribution in [0.5, 0.6) is 0 Å². The van der Waals surface area contributed by atoms with Crippen molar-refractivity contribution < 1.29 is 4.84 Å². The number of rotatable bonds is 1. The molecule has 1 aliphatic carbocycles. The molecule has 0 aromatic heterocycles. The first-order valence-electron chi connectivity index (χ1n) is 4.47. The van der Waals surface area contributed by atoms with E-state index in [-0.39, 0.29) is 5.60 Å². The Kier molecular flexibility index (Phi) is 1.44. The van der Waals surface area contributed by atoms with E-state index in [0.717, 1.165) is 6.42 Å². The van der Waals surface area contributed by atoms with E-state index in [4.69, 9.17) is 4.84 Å². The van der Waals surface area contributed by atoms with Crippen LogP contribution in [0.1, 0.15) is 39.5 Å². The van der Waals surface area contributed by atoms with Crippen molar-refractivity contribution in [1.29, 1.82) is 0 Å². The highest BCUT2D eigenvalue weighted by atomic mass is 16.7. The van der Waals surface area contributed by atoms with E-state index in [1.807, 2.05) is 0 Å². The van der Waals surface area contributed by atoms with Crippen LogP contribution in [-0.4, -0.2) is 11.3 Å². The predicted octanol–water partition coefficient (Wildman–Crippen LogP) is 2.34. The van der Waals surface area contributed by atoms with Gasteiger partial charge in [-0.1, -0.05) is 19.0 Å². The van der Waals surface area contributed by atoms with Gasteiger partial charge >= 0.3 is 0 Å². The summed E-state index contributed by atoms with van der Waals surface area (Å²) in [6, 6.07) is 0. The lowest BCUT2D eigenvalue weighted by molar-refractivity contribution is -0.0755. The van der Waals surface area contributed by atoms with E-state index < -0.39 is 0 Å². The molecule has 0 radical (unpaired) electrons. The Morgan fingerprint density at radius 1 is 1.45 bits per heavy atom. The van der Waals surface area contributed by atoms with E-state index in [1.54, 1.807) is 0 Å². The molecule has 11 heavy (non-hydrogen) atoms. The van der Waals surface area contributed by atoms with Gasteiger partial charge in [-0.3, -0.25) is 0 Å². The zero-order valence-corrected chi connectivity index (χ0v) is 7.26. The van der Waals surface area contributed by atoms with Crippen molar-refractivity contribution in [3.8, 4) is 0 Å². The molecule has 62 valence electrons. The highest BCUT2D eigenvalue weighted by Gasteiger charge is 2.44. The Morgan fingerprint density at radius 2 is 2.18 bits per heavy atom. The van der Waals surface area contributed by atoms with Gasteiger partial charge in [0.1, 0.15) is 5.60 Å². The maximum atomic E-state index is 5.44. The monoisotopic (exact) mass is 153 g/mol. The van der Waals surface area contributed by atoms with E-state index in [2.05, 4.69) is 19.0 Å². The van der Waals surface area contributed by atoms with Crippen LogP contribution in [0.3, 0.4) is 0 Å². The van der Waals surface area contributed by atoms with Gasteiger partial charge in [-0.05, 0) is 25.2 Å². The molecule has 1 heterocycles. The molecule has 2 rings (SSSR count). The summed E-state index contributed by atoms with van der Waals surface area (Å²) < 4.78 is 0. The first-order valence-corrected chi connectivity index (χ1v) is 4.47. The van der Waals surface area contributed by atoms with Gasteiger partial charge in [-0.2, -0.15) is 0 Å². The number of oxime groups is 1. The summed E-state index contributed by atoms with van der Waals surface area (Å²) in [4.78, 5) is 5.44. The molecule has 0 bridgehead atoms. The molecule has 0 aromatic rings. The van der Waals surface area contributed by atoms with Crippen molar-refractivity contribution in [2.24, 2.45) is 11.1 Å². The van der Waals surface area contributed by atoms with Crippen LogP contribution < -0.4 is 0 Å². The highest BCUT2D eigenvalue weighted by Crippen LogP contribution is 2.43. The van der Waals surface area contributed by atoms with E-state index in [0.29, 0.717) is 5.92 Å². The van der Waals surface area contributed by atoms with Gasteiger partial charge in [0.2, 0.25) is 0 Å². The maximum Gasteiger partial charge on any atom is 0.143 e. The van der Waals surface area contributed by atoms with Crippen molar-refractivity contribution >= 4 is 5.71 Å². The minimum Gasteiger partial charge on any atom is -0.389 e. The van der Waals surface area contributed by atoms with Crippen molar-refractivity contribution in [3.05, 3.63) is 0 Å². The van der Waals surface area contributed by atoms with Gasteiger partial charge in [0, 0.05) is 6.42 Å². The minimum absolute atomic E-state index is 0.166. The molecule has 0 aromatic carbocycles. The molecule has 0 atom stereocenters. The highest BCUT2D eigenvalue weighted by molar-refractivity contribution is 5.87. The first kappa shape index (κ1) is 7.14. The SMILES string of the molecule is CC(C)C1=NOC2(CCC2)C1. The van der Waals surface area contributed by atoms with Crippen LogP contribution in [-0.2, 0) is 4.84 Å². The molecule has 2 aliphatic rings. The zero-order valence-electron chi connectivity index (χ0n) is 7.26. The molecule has 0 N–H and O–H groups in total. The summed E-state index contributed by atoms with van der Waals surface area (Å²) in [5.41, 5.74) is 1.42. The second-order valence-electron chi connectivity index (χ2n) is 4.04. The van der Waals surface area contributed by atoms with Crippen LogP contribution >= 0.6 is 0 Å². The minimum atomic E-state index is 0.166. The average molecular weight is 153 g/mol. The maximum absolute atomic E-state index is 5.44. The Labute approximate surface area is 67.6 Å². The van der Waals surface area contributed by atoms with E-state index in [9.17, 15) is 0 Å². The molecule has 1 spiro atoms. The molecule has 1 aliphatic heterocycles. The normalized spacial score (nSPS) is 26.6. The Morgan fingerprint density at radius 3 is 2.45 bits per heavy atom. The lowest BCUT2D eigenvalue weighted by Crippen LogP contribution is -2.37. The van der Waals surface area contributed by atoms with Crippen LogP contribution in [0, 0.1) is 5.92 Å². The Balaban J connectivity index is 1.99. The third-order valence-corrected chi connectivity index (χ3v) is 2.79. The van der Waals surface area contributed by atoms with E-state index >= 15 is 0 Å². The molecule has 0 unspecified atom stereocenters. The van der Waals surface area contributed by atoms with E-state index in [1.165, 1.54) is 25.0 Å². The van der Waals surface area contributed by atoms with Gasteiger partial charge < -0.3 is 4.84 Å². The van der Waals surface area contributed by atoms with Gasteiger partial charge in [0.25, 0.3) is 0 Å². The second kappa shape index (κ2) is 2.23. The van der Waals surface area contributed by atoms with Crippen molar-refractivity contribution in [2.75, 3.05) is 0 Å². The number of hydrogen-bond acceptors (Lipinski definition) is 2. The molecule has 0 amide bonds. The molecule has 2 heteroatoms. The Hall–Kier alpha value is -0.530. The van der Waals surface area contributed by atoms with Crippen molar-refractivity contribution in [2.45, 2.75) is 45.1 Å². The average Bonchev–Trinajstić information content (AvgIpc) is 2.28. The fourth-order valence-electron chi connectivity index (χ4n) is 1.70. The summed E-state index contributed by atoms with van der Waals surface area (Å²) in [7, 11) is 0. The number of hydrogen-bond donors (Lipinski definition) is 0. The van der Waals surface area contributed by atoms with Crippen LogP contribution in [0.15, 0.2) is 5.16 Å². The Bertz CT molecular complexity index is 192. The third kappa shape index (κ3) is 1.05. The molecule has 2 nitrogen and oxygen atoms in total. The summed E-state index contributed by atoms with van der Waals surface area (Å²) in [5, 5.41) is 4.13. The molecule has 1 saturated carbocycles. The summed E-state index contributed by atoms with van der Waals surface area (Å²) in [6.45, 7) is 4.36. The van der Waals surface area contributed by atoms with Gasteiger partial charge in [-0.15, -0.1) is 0 Å². The number of nitrogens with zero attached hydrogens (tertiary/aromatic N) is 1. The lowest BCUT2D eigenvalue weighted by atomic mass is 9.76. The van der Waals surface area contributed by atoms with Crippen LogP contribution in [0.25, 0.3) is 0 Å². The van der Waals surface area contributed by atoms with Crippen molar-refractivity contribution in [1.82, 2.24) is 0 Å².